The van der Waals surface area contributed by atoms with E-state index in [4.69, 9.17) is 0 Å². The van der Waals surface area contributed by atoms with Crippen molar-refractivity contribution < 1.29 is 13.2 Å². The van der Waals surface area contributed by atoms with Gasteiger partial charge in [0.2, 0.25) is 10.9 Å². The zero-order valence-corrected chi connectivity index (χ0v) is 15.5. The number of aryl methyl sites for hydroxylation is 1. The summed E-state index contributed by atoms with van der Waals surface area (Å²) in [5, 5.41) is 3.09. The van der Waals surface area contributed by atoms with Gasteiger partial charge < -0.3 is 5.32 Å². The van der Waals surface area contributed by atoms with Gasteiger partial charge in [-0.3, -0.25) is 9.10 Å². The van der Waals surface area contributed by atoms with Gasteiger partial charge in [0.05, 0.1) is 11.3 Å². The number of thiol groups is 1. The minimum atomic E-state index is -2.77. The summed E-state index contributed by atoms with van der Waals surface area (Å²) in [4.78, 5) is 12.8. The van der Waals surface area contributed by atoms with Crippen molar-refractivity contribution in [1.29, 1.82) is 0 Å². The molecule has 0 saturated heterocycles. The van der Waals surface area contributed by atoms with Gasteiger partial charge in [-0.15, -0.1) is 0 Å². The second-order valence-electron chi connectivity index (χ2n) is 6.54. The molecule has 0 radical (unpaired) electrons. The zero-order valence-electron chi connectivity index (χ0n) is 14.6. The van der Waals surface area contributed by atoms with Crippen LogP contribution in [0.4, 0.5) is 5.69 Å². The number of unbranched alkanes of at least 4 members (excludes halogenated alkanes) is 1. The summed E-state index contributed by atoms with van der Waals surface area (Å²) in [7, 11) is -2.77. The Bertz CT molecular complexity index is 629. The predicted octanol–water partition coefficient (Wildman–Crippen LogP) is 3.19. The number of hydrogen-bond acceptors (Lipinski definition) is 3. The maximum atomic E-state index is 12.8. The summed E-state index contributed by atoms with van der Waals surface area (Å²) < 4.78 is 24.7. The van der Waals surface area contributed by atoms with E-state index in [0.717, 1.165) is 44.1 Å². The fourth-order valence-corrected chi connectivity index (χ4v) is 3.82. The van der Waals surface area contributed by atoms with Crippen molar-refractivity contribution in [3.63, 3.8) is 0 Å². The zero-order chi connectivity index (χ0) is 17.5. The molecule has 0 heterocycles. The Kier molecular flexibility index (Phi) is 7.09. The first-order valence-corrected chi connectivity index (χ1v) is 9.99. The molecule has 0 atom stereocenters. The minimum Gasteiger partial charge on any atom is -0.349 e. The van der Waals surface area contributed by atoms with Crippen molar-refractivity contribution >= 4 is 22.5 Å². The topological polar surface area (TPSA) is 66.5 Å². The molecule has 0 unspecified atom stereocenters. The monoisotopic (exact) mass is 352 g/mol. The fourth-order valence-electron chi connectivity index (χ4n) is 3.16. The third kappa shape index (κ3) is 4.97. The third-order valence-corrected chi connectivity index (χ3v) is 5.35. The van der Waals surface area contributed by atoms with Crippen LogP contribution in [0.25, 0.3) is 0 Å². The molecule has 0 bridgehead atoms. The number of carbonyl (C=O) groups is 1. The molecule has 0 aromatic heterocycles. The lowest BCUT2D eigenvalue weighted by atomic mass is 9.95. The molecule has 1 N–H and O–H groups in total. The molecule has 1 aromatic carbocycles. The van der Waals surface area contributed by atoms with Gasteiger partial charge in [0, 0.05) is 12.6 Å². The third-order valence-electron chi connectivity index (χ3n) is 4.54. The highest BCUT2D eigenvalue weighted by atomic mass is 32.2. The highest BCUT2D eigenvalue weighted by Crippen LogP contribution is 2.24. The first-order valence-electron chi connectivity index (χ1n) is 8.86. The number of benzene rings is 1. The lowest BCUT2D eigenvalue weighted by Crippen LogP contribution is -2.37. The van der Waals surface area contributed by atoms with Gasteiger partial charge in [0.25, 0.3) is 5.91 Å². The van der Waals surface area contributed by atoms with Crippen LogP contribution >= 0.6 is 0 Å². The van der Waals surface area contributed by atoms with Crippen LogP contribution in [-0.2, 0) is 10.9 Å². The Labute approximate surface area is 146 Å². The quantitative estimate of drug-likeness (QED) is 0.741. The molecule has 0 aliphatic heterocycles. The van der Waals surface area contributed by atoms with Gasteiger partial charge >= 0.3 is 0 Å². The van der Waals surface area contributed by atoms with Gasteiger partial charge in [-0.05, 0) is 38.3 Å². The molecule has 6 heteroatoms. The Balaban J connectivity index is 2.26. The number of hydrogen-bond donors (Lipinski definition) is 2. The van der Waals surface area contributed by atoms with Gasteiger partial charge in [-0.25, -0.2) is 8.42 Å². The number of nitrogens with zero attached hydrogens (tertiary/aromatic N) is 1. The molecule has 1 aromatic rings. The lowest BCUT2D eigenvalue weighted by molar-refractivity contribution is 0.0928. The SMILES string of the molecule is CCCCN(c1ccc(C)cc1C(=O)NC1CCCCC1)[SH](=O)=O. The summed E-state index contributed by atoms with van der Waals surface area (Å²) in [6.07, 6.45) is 7.17. The van der Waals surface area contributed by atoms with E-state index < -0.39 is 10.9 Å². The summed E-state index contributed by atoms with van der Waals surface area (Å²) in [5.74, 6) is -0.168. The van der Waals surface area contributed by atoms with Gasteiger partial charge in [-0.2, -0.15) is 0 Å². The Morgan fingerprint density at radius 2 is 1.96 bits per heavy atom. The molecular weight excluding hydrogens is 324 g/mol. The van der Waals surface area contributed by atoms with Crippen molar-refractivity contribution in [1.82, 2.24) is 5.32 Å². The summed E-state index contributed by atoms with van der Waals surface area (Å²) in [6, 6.07) is 5.58. The van der Waals surface area contributed by atoms with E-state index in [-0.39, 0.29) is 11.9 Å². The van der Waals surface area contributed by atoms with E-state index in [1.807, 2.05) is 19.9 Å². The van der Waals surface area contributed by atoms with Crippen molar-refractivity contribution in [2.45, 2.75) is 64.8 Å². The summed E-state index contributed by atoms with van der Waals surface area (Å²) in [5.41, 5.74) is 1.89. The summed E-state index contributed by atoms with van der Waals surface area (Å²) >= 11 is 0. The molecule has 0 spiro atoms. The maximum Gasteiger partial charge on any atom is 0.253 e. The highest BCUT2D eigenvalue weighted by Gasteiger charge is 2.21. The molecule has 24 heavy (non-hydrogen) atoms. The highest BCUT2D eigenvalue weighted by molar-refractivity contribution is 7.74. The second-order valence-corrected chi connectivity index (χ2v) is 7.50. The van der Waals surface area contributed by atoms with Crippen LogP contribution in [0.1, 0.15) is 67.8 Å². The van der Waals surface area contributed by atoms with Crippen LogP contribution in [-0.4, -0.2) is 26.9 Å². The number of amides is 1. The van der Waals surface area contributed by atoms with Crippen molar-refractivity contribution in [2.75, 3.05) is 10.8 Å². The molecule has 2 rings (SSSR count). The van der Waals surface area contributed by atoms with E-state index in [9.17, 15) is 13.2 Å². The first-order chi connectivity index (χ1) is 11.5. The van der Waals surface area contributed by atoms with Gasteiger partial charge in [0.15, 0.2) is 0 Å². The first kappa shape index (κ1) is 18.8. The Morgan fingerprint density at radius 3 is 2.58 bits per heavy atom. The van der Waals surface area contributed by atoms with Crippen LogP contribution in [0.3, 0.4) is 0 Å². The van der Waals surface area contributed by atoms with Crippen molar-refractivity contribution in [3.8, 4) is 0 Å². The van der Waals surface area contributed by atoms with Crippen LogP contribution in [0, 0.1) is 6.92 Å². The largest absolute Gasteiger partial charge is 0.349 e. The van der Waals surface area contributed by atoms with Crippen LogP contribution in [0.5, 0.6) is 0 Å². The van der Waals surface area contributed by atoms with E-state index >= 15 is 0 Å². The Hall–Kier alpha value is -1.56. The minimum absolute atomic E-state index is 0.168. The molecule has 1 saturated carbocycles. The number of nitrogens with one attached hydrogen (secondary N) is 1. The van der Waals surface area contributed by atoms with E-state index in [1.165, 1.54) is 10.7 Å². The number of rotatable bonds is 7. The van der Waals surface area contributed by atoms with Crippen molar-refractivity contribution in [2.24, 2.45) is 0 Å². The Morgan fingerprint density at radius 1 is 1.25 bits per heavy atom. The average molecular weight is 353 g/mol. The average Bonchev–Trinajstić information content (AvgIpc) is 2.56. The molecular formula is C18H28N2O3S. The predicted molar refractivity (Wildman–Crippen MR) is 98.1 cm³/mol. The molecule has 1 aliphatic carbocycles. The number of carbonyl (C=O) groups excluding carboxylic acids is 1. The molecule has 134 valence electrons. The van der Waals surface area contributed by atoms with Gasteiger partial charge in [-0.1, -0.05) is 44.2 Å². The smallest absolute Gasteiger partial charge is 0.253 e. The van der Waals surface area contributed by atoms with Crippen LogP contribution in [0.2, 0.25) is 0 Å². The molecule has 1 aliphatic rings. The van der Waals surface area contributed by atoms with E-state index in [0.29, 0.717) is 17.8 Å². The van der Waals surface area contributed by atoms with E-state index in [1.54, 1.807) is 12.1 Å². The molecule has 1 fully saturated rings. The maximum absolute atomic E-state index is 12.8. The van der Waals surface area contributed by atoms with Crippen LogP contribution < -0.4 is 9.62 Å². The van der Waals surface area contributed by atoms with Crippen molar-refractivity contribution in [3.05, 3.63) is 29.3 Å². The normalized spacial score (nSPS) is 15.5. The fraction of sp³-hybridized carbons (Fsp3) is 0.611. The van der Waals surface area contributed by atoms with Crippen LogP contribution in [0.15, 0.2) is 18.2 Å². The standard InChI is InChI=1S/C18H28N2O3S/c1-3-4-12-20(24(22)23)17-11-10-14(2)13-16(17)18(21)19-15-8-6-5-7-9-15/h10-11,13,15,24H,3-9,12H2,1-2H3,(H,19,21). The van der Waals surface area contributed by atoms with E-state index in [2.05, 4.69) is 5.32 Å². The lowest BCUT2D eigenvalue weighted by Gasteiger charge is -2.25. The van der Waals surface area contributed by atoms with Gasteiger partial charge in [0.1, 0.15) is 0 Å². The molecule has 1 amide bonds. The number of anilines is 1. The second kappa shape index (κ2) is 9.06. The summed E-state index contributed by atoms with van der Waals surface area (Å²) in [6.45, 7) is 4.33. The molecule has 5 nitrogen and oxygen atoms in total.